The lowest BCUT2D eigenvalue weighted by atomic mass is 10.1. The number of nitriles is 1. The van der Waals surface area contributed by atoms with Gasteiger partial charge < -0.3 is 4.90 Å². The second-order valence-electron chi connectivity index (χ2n) is 3.82. The van der Waals surface area contributed by atoms with E-state index in [2.05, 4.69) is 6.07 Å². The molecule has 1 aromatic carbocycles. The van der Waals surface area contributed by atoms with Crippen molar-refractivity contribution in [2.45, 2.75) is 12.8 Å². The molecule has 0 aliphatic carbocycles. The molecule has 0 spiro atoms. The molecule has 0 bridgehead atoms. The predicted molar refractivity (Wildman–Crippen MR) is 69.1 cm³/mol. The second-order valence-corrected chi connectivity index (χ2v) is 4.52. The maximum atomic E-state index is 8.78. The van der Waals surface area contributed by atoms with Crippen LogP contribution in [0.3, 0.4) is 0 Å². The van der Waals surface area contributed by atoms with E-state index < -0.39 is 0 Å². The first-order chi connectivity index (χ1) is 7.58. The summed E-state index contributed by atoms with van der Waals surface area (Å²) in [6, 6.07) is 7.83. The molecule has 0 saturated heterocycles. The van der Waals surface area contributed by atoms with Crippen molar-refractivity contribution in [3.05, 3.63) is 28.8 Å². The molecule has 0 amide bonds. The molecule has 0 aromatic heterocycles. The topological polar surface area (TPSA) is 27.0 Å². The lowest BCUT2D eigenvalue weighted by Gasteiger charge is -2.23. The summed E-state index contributed by atoms with van der Waals surface area (Å²) in [6.45, 7) is 2.56. The zero-order valence-electron chi connectivity index (χ0n) is 9.37. The highest BCUT2D eigenvalue weighted by atomic mass is 35.5. The van der Waals surface area contributed by atoms with E-state index >= 15 is 0 Å². The van der Waals surface area contributed by atoms with E-state index in [1.807, 2.05) is 37.1 Å². The molecule has 4 heteroatoms. The van der Waals surface area contributed by atoms with Gasteiger partial charge >= 0.3 is 0 Å². The van der Waals surface area contributed by atoms with E-state index in [9.17, 15) is 0 Å². The number of nitrogens with zero attached hydrogens (tertiary/aromatic N) is 2. The fourth-order valence-electron chi connectivity index (χ4n) is 1.56. The van der Waals surface area contributed by atoms with Crippen LogP contribution in [0.4, 0.5) is 5.69 Å². The van der Waals surface area contributed by atoms with E-state index in [4.69, 9.17) is 28.5 Å². The van der Waals surface area contributed by atoms with Crippen molar-refractivity contribution in [2.24, 2.45) is 5.92 Å². The Kier molecular flexibility index (Phi) is 4.92. The molecule has 1 unspecified atom stereocenters. The summed E-state index contributed by atoms with van der Waals surface area (Å²) in [4.78, 5) is 2.01. The van der Waals surface area contributed by atoms with Crippen LogP contribution in [0.2, 0.25) is 5.02 Å². The van der Waals surface area contributed by atoms with Crippen LogP contribution in [-0.2, 0) is 5.88 Å². The number of anilines is 1. The third kappa shape index (κ3) is 3.30. The van der Waals surface area contributed by atoms with Crippen molar-refractivity contribution in [3.63, 3.8) is 0 Å². The minimum Gasteiger partial charge on any atom is -0.373 e. The predicted octanol–water partition coefficient (Wildman–Crippen LogP) is 3.67. The van der Waals surface area contributed by atoms with Crippen LogP contribution in [0, 0.1) is 17.2 Å². The van der Waals surface area contributed by atoms with Crippen LogP contribution in [-0.4, -0.2) is 13.6 Å². The number of benzene rings is 1. The van der Waals surface area contributed by atoms with Crippen LogP contribution in [0.1, 0.15) is 12.5 Å². The van der Waals surface area contributed by atoms with Gasteiger partial charge in [-0.25, -0.2) is 0 Å². The van der Waals surface area contributed by atoms with Crippen LogP contribution in [0.25, 0.3) is 0 Å². The Labute approximate surface area is 106 Å². The third-order valence-electron chi connectivity index (χ3n) is 2.37. The largest absolute Gasteiger partial charge is 0.373 e. The van der Waals surface area contributed by atoms with Crippen LogP contribution in [0.5, 0.6) is 0 Å². The van der Waals surface area contributed by atoms with Crippen molar-refractivity contribution in [3.8, 4) is 6.07 Å². The normalized spacial score (nSPS) is 11.9. The van der Waals surface area contributed by atoms with E-state index in [1.165, 1.54) is 0 Å². The zero-order chi connectivity index (χ0) is 12.1. The van der Waals surface area contributed by atoms with Gasteiger partial charge in [-0.15, -0.1) is 11.6 Å². The molecular formula is C12H14Cl2N2. The van der Waals surface area contributed by atoms with E-state index in [1.54, 1.807) is 0 Å². The van der Waals surface area contributed by atoms with E-state index in [0.29, 0.717) is 17.4 Å². The smallest absolute Gasteiger partial charge is 0.0671 e. The summed E-state index contributed by atoms with van der Waals surface area (Å²) in [7, 11) is 1.94. The maximum absolute atomic E-state index is 8.78. The Hall–Kier alpha value is -0.910. The average Bonchev–Trinajstić information content (AvgIpc) is 2.28. The molecule has 0 saturated carbocycles. The molecule has 0 fully saturated rings. The van der Waals surface area contributed by atoms with Crippen molar-refractivity contribution < 1.29 is 0 Å². The summed E-state index contributed by atoms with van der Waals surface area (Å²) in [6.07, 6.45) is 0. The first-order valence-electron chi connectivity index (χ1n) is 5.03. The molecule has 0 N–H and O–H groups in total. The molecule has 0 radical (unpaired) electrons. The number of hydrogen-bond donors (Lipinski definition) is 0. The molecular weight excluding hydrogens is 243 g/mol. The van der Waals surface area contributed by atoms with Gasteiger partial charge in [0.25, 0.3) is 0 Å². The molecule has 0 heterocycles. The van der Waals surface area contributed by atoms with Gasteiger partial charge in [-0.05, 0) is 24.6 Å². The molecule has 16 heavy (non-hydrogen) atoms. The summed E-state index contributed by atoms with van der Waals surface area (Å²) in [5, 5.41) is 9.46. The van der Waals surface area contributed by atoms with Crippen molar-refractivity contribution in [1.29, 1.82) is 5.26 Å². The number of hydrogen-bond acceptors (Lipinski definition) is 2. The molecule has 86 valence electrons. The number of rotatable bonds is 4. The first-order valence-corrected chi connectivity index (χ1v) is 5.95. The van der Waals surface area contributed by atoms with Gasteiger partial charge in [0.15, 0.2) is 0 Å². The summed E-state index contributed by atoms with van der Waals surface area (Å²) in [5.41, 5.74) is 2.02. The van der Waals surface area contributed by atoms with Gasteiger partial charge in [0.1, 0.15) is 0 Å². The van der Waals surface area contributed by atoms with E-state index in [-0.39, 0.29) is 5.92 Å². The van der Waals surface area contributed by atoms with Gasteiger partial charge in [0.2, 0.25) is 0 Å². The Morgan fingerprint density at radius 2 is 2.19 bits per heavy atom. The standard InChI is InChI=1S/C12H14Cl2N2/c1-9(7-15)8-16(2)12-5-11(14)4-3-10(12)6-13/h3-5,9H,6,8H2,1-2H3. The van der Waals surface area contributed by atoms with Crippen molar-refractivity contribution in [2.75, 3.05) is 18.5 Å². The molecule has 2 nitrogen and oxygen atoms in total. The van der Waals surface area contributed by atoms with Crippen LogP contribution in [0.15, 0.2) is 18.2 Å². The SMILES string of the molecule is CC(C#N)CN(C)c1cc(Cl)ccc1CCl. The minimum absolute atomic E-state index is 0.0212. The minimum atomic E-state index is -0.0212. The van der Waals surface area contributed by atoms with Crippen molar-refractivity contribution >= 4 is 28.9 Å². The van der Waals surface area contributed by atoms with Crippen LogP contribution < -0.4 is 4.90 Å². The van der Waals surface area contributed by atoms with Gasteiger partial charge in [-0.1, -0.05) is 17.7 Å². The highest BCUT2D eigenvalue weighted by Gasteiger charge is 2.10. The molecule has 1 atom stereocenters. The van der Waals surface area contributed by atoms with Gasteiger partial charge in [0, 0.05) is 30.2 Å². The number of alkyl halides is 1. The Bertz CT molecular complexity index is 398. The molecule has 0 aliphatic heterocycles. The summed E-state index contributed by atoms with van der Waals surface area (Å²) < 4.78 is 0. The number of halogens is 2. The highest BCUT2D eigenvalue weighted by molar-refractivity contribution is 6.31. The lowest BCUT2D eigenvalue weighted by Crippen LogP contribution is -2.24. The monoisotopic (exact) mass is 256 g/mol. The molecule has 0 aliphatic rings. The van der Waals surface area contributed by atoms with Gasteiger partial charge in [0.05, 0.1) is 12.0 Å². The summed E-state index contributed by atoms with van der Waals surface area (Å²) >= 11 is 11.8. The third-order valence-corrected chi connectivity index (χ3v) is 2.89. The molecule has 1 aromatic rings. The average molecular weight is 257 g/mol. The quantitative estimate of drug-likeness (QED) is 0.769. The Morgan fingerprint density at radius 1 is 1.50 bits per heavy atom. The highest BCUT2D eigenvalue weighted by Crippen LogP contribution is 2.25. The lowest BCUT2D eigenvalue weighted by molar-refractivity contribution is 0.715. The Balaban J connectivity index is 2.93. The zero-order valence-corrected chi connectivity index (χ0v) is 10.9. The fourth-order valence-corrected chi connectivity index (χ4v) is 1.95. The van der Waals surface area contributed by atoms with Crippen LogP contribution >= 0.6 is 23.2 Å². The first kappa shape index (κ1) is 13.2. The second kappa shape index (κ2) is 5.98. The van der Waals surface area contributed by atoms with Gasteiger partial charge in [-0.3, -0.25) is 0 Å². The Morgan fingerprint density at radius 3 is 2.75 bits per heavy atom. The summed E-state index contributed by atoms with van der Waals surface area (Å²) in [5.74, 6) is 0.421. The fraction of sp³-hybridized carbons (Fsp3) is 0.417. The van der Waals surface area contributed by atoms with E-state index in [0.717, 1.165) is 11.3 Å². The van der Waals surface area contributed by atoms with Gasteiger partial charge in [-0.2, -0.15) is 5.26 Å². The maximum Gasteiger partial charge on any atom is 0.0671 e. The van der Waals surface area contributed by atoms with Crippen molar-refractivity contribution in [1.82, 2.24) is 0 Å². The molecule has 1 rings (SSSR count).